The summed E-state index contributed by atoms with van der Waals surface area (Å²) in [6, 6.07) is -37.2. The van der Waals surface area contributed by atoms with E-state index in [9.17, 15) is 27.4 Å². The summed E-state index contributed by atoms with van der Waals surface area (Å²) in [4.78, 5) is 0.638. The number of hydrogen-bond donors (Lipinski definition) is 0. The minimum absolute atomic E-state index is 0.289. The van der Waals surface area contributed by atoms with Crippen LogP contribution in [0.2, 0.25) is 0 Å². The summed E-state index contributed by atoms with van der Waals surface area (Å²) in [6.45, 7) is -8.75. The molecule has 0 spiro atoms. The maximum atomic E-state index is 10.6. The Bertz CT molecular complexity index is 4780. The molecule has 252 valence electrons. The summed E-state index contributed by atoms with van der Waals surface area (Å²) >= 11 is 0. The van der Waals surface area contributed by atoms with Gasteiger partial charge in [0.2, 0.25) is 0 Å². The number of anilines is 6. The summed E-state index contributed by atoms with van der Waals surface area (Å²) in [5, 5.41) is -5.61. The van der Waals surface area contributed by atoms with Crippen LogP contribution in [-0.2, 0) is 5.41 Å². The van der Waals surface area contributed by atoms with E-state index in [-0.39, 0.29) is 4.90 Å². The summed E-state index contributed by atoms with van der Waals surface area (Å²) in [7, 11) is 0. The molecule has 53 heavy (non-hydrogen) atoms. The van der Waals surface area contributed by atoms with Gasteiger partial charge in [-0.1, -0.05) is 165 Å². The fourth-order valence-electron chi connectivity index (χ4n) is 6.08. The van der Waals surface area contributed by atoms with Crippen molar-refractivity contribution in [3.05, 3.63) is 205 Å². The van der Waals surface area contributed by atoms with E-state index in [1.165, 1.54) is 0 Å². The van der Waals surface area contributed by atoms with Gasteiger partial charge in [0.1, 0.15) is 0 Å². The molecule has 0 N–H and O–H groups in total. The highest BCUT2D eigenvalue weighted by Crippen LogP contribution is 2.56. The Hall–Kier alpha value is -6.64. The first-order chi connectivity index (χ1) is 41.5. The lowest BCUT2D eigenvalue weighted by atomic mass is 9.73. The largest absolute Gasteiger partial charge is 0.310 e. The fraction of sp³-hybridized carbons (Fsp3) is 0.0588. The molecule has 0 aliphatic carbocycles. The van der Waals surface area contributed by atoms with Crippen molar-refractivity contribution >= 4 is 66.4 Å². The van der Waals surface area contributed by atoms with Crippen LogP contribution in [0.5, 0.6) is 0 Å². The predicted molar refractivity (Wildman–Crippen MR) is 226 cm³/mol. The molecule has 2 heteroatoms. The summed E-state index contributed by atoms with van der Waals surface area (Å²) in [5.41, 5.74) is -17.3. The van der Waals surface area contributed by atoms with Gasteiger partial charge >= 0.3 is 0 Å². The molecule has 9 aromatic rings. The minimum atomic E-state index is -4.38. The number of benzene rings is 9. The summed E-state index contributed by atoms with van der Waals surface area (Å²) < 4.78 is 341. The second-order valence-corrected chi connectivity index (χ2v) is 11.3. The standard InChI is InChI=1S/C51H38N2/c1-51(2)45-24-12-13-25-48(45)53(50-43-23-11-9-19-38(43)28-31-44(50)37-16-4-3-5-17-37)49-32-30-41(34-46(49)51)52(40-29-27-35-15-6-7-20-39(35)33-40)47-26-14-21-36-18-8-10-22-42(36)47/h3-34H,1-2H3/i1D3,2D3,3D,4D,5D,6D,7D,8D,9D,10D,11D,12D,13D,14D,15D,16D,17D,18D,19D,20D,21D,22D,23D,24D,25D,26D,27D,28D,29D,31D,32D,33D,34D. The highest BCUT2D eigenvalue weighted by Gasteiger charge is 2.38. The molecule has 0 aromatic heterocycles. The van der Waals surface area contributed by atoms with Crippen LogP contribution in [-0.4, -0.2) is 0 Å². The molecule has 0 unspecified atom stereocenters. The van der Waals surface area contributed by atoms with Gasteiger partial charge < -0.3 is 9.80 Å². The molecule has 9 aromatic carbocycles. The van der Waals surface area contributed by atoms with Gasteiger partial charge in [0.15, 0.2) is 0 Å². The van der Waals surface area contributed by atoms with Crippen LogP contribution in [0.3, 0.4) is 0 Å². The monoisotopic (exact) mass is 716 g/mol. The fourth-order valence-corrected chi connectivity index (χ4v) is 6.08. The first kappa shape index (κ1) is 11.2. The van der Waals surface area contributed by atoms with Crippen molar-refractivity contribution in [2.45, 2.75) is 19.1 Å². The quantitative estimate of drug-likeness (QED) is 0.175. The Morgan fingerprint density at radius 3 is 1.96 bits per heavy atom. The molecule has 0 atom stereocenters. The van der Waals surface area contributed by atoms with Crippen LogP contribution in [0.25, 0.3) is 43.4 Å². The third-order valence-corrected chi connectivity index (χ3v) is 8.37. The SMILES string of the molecule is [2H]c1cc(N(c2c([2H])c([2H])c3c([2H])c([2H])c([2H])c([2H])c3c2[2H])c2c([2H])c([2H])c([2H])c3c([2H])c([2H])c([2H])c([2H])c23)c([2H])c2c1N(c1c(-c3c([2H])c([2H])c([2H])c([2H])c3[2H])c([2H])c([2H])c3c([2H])c([2H])c([2H])c([2H])c13)c1c([2H])c([2H])c([2H])c([2H])c1C2(C([2H])([2H])[2H])C([2H])([2H])[2H]. The van der Waals surface area contributed by atoms with Gasteiger partial charge in [0, 0.05) is 41.4 Å². The third kappa shape index (κ3) is 5.02. The first-order valence-corrected chi connectivity index (χ1v) is 15.4. The molecule has 1 aliphatic heterocycles. The Labute approximate surface area is 362 Å². The highest BCUT2D eigenvalue weighted by molar-refractivity contribution is 6.08. The lowest BCUT2D eigenvalue weighted by molar-refractivity contribution is 0.632. The van der Waals surface area contributed by atoms with Gasteiger partial charge in [-0.3, -0.25) is 0 Å². The smallest absolute Gasteiger partial charge is 0.0651 e. The second-order valence-electron chi connectivity index (χ2n) is 11.3. The van der Waals surface area contributed by atoms with E-state index in [1.807, 2.05) is 0 Å². The van der Waals surface area contributed by atoms with Crippen molar-refractivity contribution in [2.24, 2.45) is 0 Å². The number of para-hydroxylation sites is 1. The van der Waals surface area contributed by atoms with Crippen LogP contribution >= 0.6 is 0 Å². The lowest BCUT2D eigenvalue weighted by Crippen LogP contribution is -2.31. The Balaban J connectivity index is 1.60. The molecule has 0 bridgehead atoms. The van der Waals surface area contributed by atoms with E-state index >= 15 is 0 Å². The zero-order valence-corrected chi connectivity index (χ0v) is 26.5. The van der Waals surface area contributed by atoms with E-state index < -0.39 is 295 Å². The van der Waals surface area contributed by atoms with Crippen LogP contribution in [0.15, 0.2) is 193 Å². The topological polar surface area (TPSA) is 6.48 Å². The van der Waals surface area contributed by atoms with Crippen molar-refractivity contribution in [2.75, 3.05) is 9.80 Å². The van der Waals surface area contributed by atoms with Crippen LogP contribution in [0.4, 0.5) is 34.1 Å². The maximum absolute atomic E-state index is 10.6. The average Bonchev–Trinajstić information content (AvgIpc) is 0.668. The normalized spacial score (nSPS) is 23.5. The van der Waals surface area contributed by atoms with Crippen molar-refractivity contribution in [1.29, 1.82) is 0 Å². The summed E-state index contributed by atoms with van der Waals surface area (Å²) in [5.74, 6) is 0. The molecule has 1 aliphatic rings. The first-order valence-electron chi connectivity index (χ1n) is 33.9. The molecule has 10 rings (SSSR count). The minimum Gasteiger partial charge on any atom is -0.310 e. The number of nitrogens with zero attached hydrogens (tertiary/aromatic N) is 2. The molecule has 1 heterocycles. The Morgan fingerprint density at radius 2 is 1.13 bits per heavy atom. The van der Waals surface area contributed by atoms with E-state index in [0.29, 0.717) is 11.0 Å². The molecule has 2 nitrogen and oxygen atoms in total. The molecule has 0 saturated heterocycles. The van der Waals surface area contributed by atoms with Gasteiger partial charge in [-0.2, -0.15) is 0 Å². The molecular formula is C51H38N2. The molecule has 0 fully saturated rings. The van der Waals surface area contributed by atoms with Crippen LogP contribution in [0, 0.1) is 0 Å². The molecule has 0 amide bonds. The Morgan fingerprint density at radius 1 is 0.491 bits per heavy atom. The van der Waals surface area contributed by atoms with Gasteiger partial charge in [-0.05, 0) is 80.6 Å². The highest BCUT2D eigenvalue weighted by atomic mass is 15.2. The molecular weight excluding hydrogens is 641 g/mol. The van der Waals surface area contributed by atoms with E-state index in [1.54, 1.807) is 0 Å². The Kier molecular flexibility index (Phi) is 2.58. The molecule has 0 radical (unpaired) electrons. The van der Waals surface area contributed by atoms with E-state index in [0.717, 1.165) is 0 Å². The summed E-state index contributed by atoms with van der Waals surface area (Å²) in [6.07, 6.45) is 0. The lowest BCUT2D eigenvalue weighted by Gasteiger charge is -2.43. The van der Waals surface area contributed by atoms with Crippen molar-refractivity contribution < 1.29 is 50.7 Å². The van der Waals surface area contributed by atoms with E-state index in [4.69, 9.17) is 23.3 Å². The third-order valence-electron chi connectivity index (χ3n) is 8.37. The number of rotatable bonds is 5. The number of hydrogen-bond acceptors (Lipinski definition) is 2. The van der Waals surface area contributed by atoms with E-state index in [2.05, 4.69) is 0 Å². The van der Waals surface area contributed by atoms with Crippen molar-refractivity contribution in [3.8, 4) is 11.1 Å². The van der Waals surface area contributed by atoms with Crippen LogP contribution < -0.4 is 9.80 Å². The van der Waals surface area contributed by atoms with Crippen LogP contribution in [0.1, 0.15) is 75.5 Å². The van der Waals surface area contributed by atoms with Gasteiger partial charge in [-0.25, -0.2) is 0 Å². The maximum Gasteiger partial charge on any atom is 0.0651 e. The second kappa shape index (κ2) is 12.3. The van der Waals surface area contributed by atoms with Gasteiger partial charge in [0.05, 0.1) is 65.2 Å². The zero-order chi connectivity index (χ0) is 67.5. The van der Waals surface area contributed by atoms with Gasteiger partial charge in [-0.15, -0.1) is 0 Å². The van der Waals surface area contributed by atoms with Crippen molar-refractivity contribution in [1.82, 2.24) is 0 Å². The molecule has 0 saturated carbocycles. The van der Waals surface area contributed by atoms with Gasteiger partial charge in [0.25, 0.3) is 0 Å². The predicted octanol–water partition coefficient (Wildman–Crippen LogP) is 14.4. The van der Waals surface area contributed by atoms with Crippen molar-refractivity contribution in [3.63, 3.8) is 0 Å². The number of fused-ring (bicyclic) bond motifs is 5. The zero-order valence-electron chi connectivity index (χ0n) is 63.5. The average molecular weight is 716 g/mol.